The van der Waals surface area contributed by atoms with Gasteiger partial charge in [0, 0.05) is 24.7 Å². The van der Waals surface area contributed by atoms with E-state index < -0.39 is 0 Å². The lowest BCUT2D eigenvalue weighted by Crippen LogP contribution is -2.25. The summed E-state index contributed by atoms with van der Waals surface area (Å²) in [5, 5.41) is 7.51. The number of benzene rings is 2. The molecule has 0 unspecified atom stereocenters. The van der Waals surface area contributed by atoms with Crippen molar-refractivity contribution in [3.8, 4) is 5.69 Å². The molecule has 28 heavy (non-hydrogen) atoms. The number of hydrogen-bond donors (Lipinski definition) is 1. The van der Waals surface area contributed by atoms with Crippen molar-refractivity contribution in [2.24, 2.45) is 0 Å². The van der Waals surface area contributed by atoms with Crippen LogP contribution in [0.3, 0.4) is 0 Å². The number of nitrogens with one attached hydrogen (secondary N) is 1. The average Bonchev–Trinajstić information content (AvgIpc) is 3.18. The smallest absolute Gasteiger partial charge is 0.251 e. The van der Waals surface area contributed by atoms with Gasteiger partial charge in [0.05, 0.1) is 33.8 Å². The molecule has 0 aliphatic carbocycles. The standard InChI is InChI=1S/C22H21N5O/c1-15-16(2)25-21-14-17(8-9-20(21)24-15)22(28)23-12-10-18-11-13-27(26-18)19-6-4-3-5-7-19/h3-9,11,13-14H,10,12H2,1-2H3,(H,23,28). The lowest BCUT2D eigenvalue weighted by molar-refractivity contribution is 0.0954. The van der Waals surface area contributed by atoms with Crippen molar-refractivity contribution in [1.82, 2.24) is 25.1 Å². The number of hydrogen-bond acceptors (Lipinski definition) is 4. The zero-order valence-electron chi connectivity index (χ0n) is 15.9. The van der Waals surface area contributed by atoms with Gasteiger partial charge in [-0.15, -0.1) is 0 Å². The molecular formula is C22H21N5O. The van der Waals surface area contributed by atoms with Crippen LogP contribution in [0.4, 0.5) is 0 Å². The van der Waals surface area contributed by atoms with Crippen molar-refractivity contribution in [1.29, 1.82) is 0 Å². The number of nitrogens with zero attached hydrogens (tertiary/aromatic N) is 4. The Morgan fingerprint density at radius 3 is 2.50 bits per heavy atom. The average molecular weight is 371 g/mol. The van der Waals surface area contributed by atoms with Crippen LogP contribution in [0.15, 0.2) is 60.8 Å². The molecule has 2 heterocycles. The summed E-state index contributed by atoms with van der Waals surface area (Å²) in [4.78, 5) is 21.5. The molecule has 140 valence electrons. The first kappa shape index (κ1) is 17.9. The quantitative estimate of drug-likeness (QED) is 0.584. The fourth-order valence-corrected chi connectivity index (χ4v) is 3.00. The first-order valence-corrected chi connectivity index (χ1v) is 9.23. The SMILES string of the molecule is Cc1nc2ccc(C(=O)NCCc3ccn(-c4ccccc4)n3)cc2nc1C. The Kier molecular flexibility index (Phi) is 4.85. The Hall–Kier alpha value is -3.54. The van der Waals surface area contributed by atoms with Crippen molar-refractivity contribution in [3.63, 3.8) is 0 Å². The molecule has 0 aliphatic rings. The lowest BCUT2D eigenvalue weighted by Gasteiger charge is -2.06. The van der Waals surface area contributed by atoms with Crippen LogP contribution in [0.1, 0.15) is 27.4 Å². The molecule has 0 bridgehead atoms. The van der Waals surface area contributed by atoms with Crippen molar-refractivity contribution in [2.45, 2.75) is 20.3 Å². The molecule has 0 saturated carbocycles. The van der Waals surface area contributed by atoms with E-state index >= 15 is 0 Å². The molecule has 6 nitrogen and oxygen atoms in total. The summed E-state index contributed by atoms with van der Waals surface area (Å²) < 4.78 is 1.84. The minimum atomic E-state index is -0.121. The topological polar surface area (TPSA) is 72.7 Å². The Morgan fingerprint density at radius 2 is 1.71 bits per heavy atom. The van der Waals surface area contributed by atoms with Gasteiger partial charge in [-0.2, -0.15) is 5.10 Å². The number of aromatic nitrogens is 4. The summed E-state index contributed by atoms with van der Waals surface area (Å²) >= 11 is 0. The van der Waals surface area contributed by atoms with Gasteiger partial charge in [-0.05, 0) is 50.2 Å². The molecule has 0 radical (unpaired) electrons. The second-order valence-corrected chi connectivity index (χ2v) is 6.69. The number of fused-ring (bicyclic) bond motifs is 1. The third kappa shape index (κ3) is 3.76. The van der Waals surface area contributed by atoms with Crippen LogP contribution in [-0.4, -0.2) is 32.2 Å². The second kappa shape index (κ2) is 7.60. The Balaban J connectivity index is 1.39. The summed E-state index contributed by atoms with van der Waals surface area (Å²) in [6, 6.07) is 17.3. The minimum Gasteiger partial charge on any atom is -0.352 e. The molecule has 4 aromatic rings. The second-order valence-electron chi connectivity index (χ2n) is 6.69. The van der Waals surface area contributed by atoms with Gasteiger partial charge in [0.1, 0.15) is 0 Å². The number of aryl methyl sites for hydroxylation is 2. The number of carbonyl (C=O) groups excluding carboxylic acids is 1. The molecule has 0 fully saturated rings. The van der Waals surface area contributed by atoms with E-state index in [1.54, 1.807) is 12.1 Å². The van der Waals surface area contributed by atoms with Crippen molar-refractivity contribution in [2.75, 3.05) is 6.54 Å². The zero-order chi connectivity index (χ0) is 19.5. The highest BCUT2D eigenvalue weighted by Gasteiger charge is 2.09. The van der Waals surface area contributed by atoms with E-state index in [9.17, 15) is 4.79 Å². The number of amides is 1. The summed E-state index contributed by atoms with van der Waals surface area (Å²) in [6.45, 7) is 4.37. The highest BCUT2D eigenvalue weighted by molar-refractivity contribution is 5.97. The minimum absolute atomic E-state index is 0.121. The van der Waals surface area contributed by atoms with Crippen molar-refractivity contribution >= 4 is 16.9 Å². The van der Waals surface area contributed by atoms with E-state index in [-0.39, 0.29) is 5.91 Å². The van der Waals surface area contributed by atoms with Crippen molar-refractivity contribution < 1.29 is 4.79 Å². The molecule has 6 heteroatoms. The Bertz CT molecular complexity index is 1130. The molecule has 0 aliphatic heterocycles. The van der Waals surface area contributed by atoms with E-state index in [4.69, 9.17) is 0 Å². The zero-order valence-corrected chi connectivity index (χ0v) is 15.9. The molecule has 0 spiro atoms. The fourth-order valence-electron chi connectivity index (χ4n) is 3.00. The van der Waals surface area contributed by atoms with E-state index in [1.165, 1.54) is 0 Å². The molecular weight excluding hydrogens is 350 g/mol. The summed E-state index contributed by atoms with van der Waals surface area (Å²) in [7, 11) is 0. The van der Waals surface area contributed by atoms with Crippen molar-refractivity contribution in [3.05, 3.63) is 83.4 Å². The maximum atomic E-state index is 12.5. The molecule has 0 atom stereocenters. The number of rotatable bonds is 5. The van der Waals surface area contributed by atoms with E-state index in [2.05, 4.69) is 20.4 Å². The van der Waals surface area contributed by atoms with Gasteiger partial charge in [0.2, 0.25) is 0 Å². The van der Waals surface area contributed by atoms with E-state index in [0.29, 0.717) is 18.5 Å². The van der Waals surface area contributed by atoms with Gasteiger partial charge in [0.25, 0.3) is 5.91 Å². The number of para-hydroxylation sites is 1. The molecule has 1 amide bonds. The van der Waals surface area contributed by atoms with Crippen LogP contribution in [0.25, 0.3) is 16.7 Å². The molecule has 2 aromatic carbocycles. The predicted octanol–water partition coefficient (Wildman–Crippen LogP) is 3.40. The monoisotopic (exact) mass is 371 g/mol. The van der Waals surface area contributed by atoms with Gasteiger partial charge < -0.3 is 5.32 Å². The predicted molar refractivity (Wildman–Crippen MR) is 109 cm³/mol. The third-order valence-corrected chi connectivity index (χ3v) is 4.67. The van der Waals surface area contributed by atoms with Crippen LogP contribution < -0.4 is 5.32 Å². The lowest BCUT2D eigenvalue weighted by atomic mass is 10.1. The maximum absolute atomic E-state index is 12.5. The van der Waals surface area contributed by atoms with E-state index in [1.807, 2.05) is 67.2 Å². The van der Waals surface area contributed by atoms with Crippen LogP contribution in [0.2, 0.25) is 0 Å². The van der Waals surface area contributed by atoms with Crippen LogP contribution >= 0.6 is 0 Å². The third-order valence-electron chi connectivity index (χ3n) is 4.67. The molecule has 0 saturated heterocycles. The Morgan fingerprint density at radius 1 is 0.964 bits per heavy atom. The first-order valence-electron chi connectivity index (χ1n) is 9.23. The maximum Gasteiger partial charge on any atom is 0.251 e. The van der Waals surface area contributed by atoms with Gasteiger partial charge in [-0.25, -0.2) is 14.6 Å². The van der Waals surface area contributed by atoms with Crippen LogP contribution in [-0.2, 0) is 6.42 Å². The van der Waals surface area contributed by atoms with Crippen LogP contribution in [0.5, 0.6) is 0 Å². The van der Waals surface area contributed by atoms with E-state index in [0.717, 1.165) is 33.8 Å². The number of carbonyl (C=O) groups is 1. The summed E-state index contributed by atoms with van der Waals surface area (Å²) in [5.41, 5.74) is 5.84. The van der Waals surface area contributed by atoms with Gasteiger partial charge in [-0.1, -0.05) is 18.2 Å². The normalized spacial score (nSPS) is 10.9. The van der Waals surface area contributed by atoms with Gasteiger partial charge in [0.15, 0.2) is 0 Å². The fraction of sp³-hybridized carbons (Fsp3) is 0.182. The van der Waals surface area contributed by atoms with Gasteiger partial charge >= 0.3 is 0 Å². The molecule has 1 N–H and O–H groups in total. The van der Waals surface area contributed by atoms with Gasteiger partial charge in [-0.3, -0.25) is 4.79 Å². The molecule has 4 rings (SSSR count). The summed E-state index contributed by atoms with van der Waals surface area (Å²) in [5.74, 6) is -0.121. The van der Waals surface area contributed by atoms with Crippen LogP contribution in [0, 0.1) is 13.8 Å². The largest absolute Gasteiger partial charge is 0.352 e. The molecule has 2 aromatic heterocycles. The first-order chi connectivity index (χ1) is 13.6. The summed E-state index contributed by atoms with van der Waals surface area (Å²) in [6.07, 6.45) is 2.59. The highest BCUT2D eigenvalue weighted by Crippen LogP contribution is 2.14. The highest BCUT2D eigenvalue weighted by atomic mass is 16.1. The Labute approximate surface area is 163 Å².